The molecule has 3 N–H and O–H groups in total. The van der Waals surface area contributed by atoms with Crippen LogP contribution in [0.25, 0.3) is 0 Å². The van der Waals surface area contributed by atoms with E-state index in [1.165, 1.54) is 0 Å². The number of hydrazine groups is 1. The minimum absolute atomic E-state index is 0.144. The van der Waals surface area contributed by atoms with Crippen LogP contribution in [0, 0.1) is 0 Å². The molecule has 17 heavy (non-hydrogen) atoms. The van der Waals surface area contributed by atoms with Crippen LogP contribution in [-0.2, 0) is 14.3 Å². The summed E-state index contributed by atoms with van der Waals surface area (Å²) in [7, 11) is 0. The van der Waals surface area contributed by atoms with Gasteiger partial charge < -0.3 is 4.74 Å². The average molecular weight is 243 g/mol. The van der Waals surface area contributed by atoms with Gasteiger partial charge in [-0.25, -0.2) is 10.2 Å². The highest BCUT2D eigenvalue weighted by Gasteiger charge is 2.26. The topological polar surface area (TPSA) is 96.5 Å². The molecule has 0 aromatic heterocycles. The van der Waals surface area contributed by atoms with Gasteiger partial charge in [-0.1, -0.05) is 13.3 Å². The van der Waals surface area contributed by atoms with Crippen molar-refractivity contribution in [2.75, 3.05) is 6.61 Å². The van der Waals surface area contributed by atoms with Gasteiger partial charge in [0.1, 0.15) is 6.04 Å². The fraction of sp³-hybridized carbons (Fsp3) is 0.700. The summed E-state index contributed by atoms with van der Waals surface area (Å²) in [5.41, 5.74) is 4.79. The molecule has 0 aromatic carbocycles. The van der Waals surface area contributed by atoms with Crippen molar-refractivity contribution in [3.63, 3.8) is 0 Å². The summed E-state index contributed by atoms with van der Waals surface area (Å²) < 4.78 is 4.94. The molecule has 1 aliphatic heterocycles. The molecule has 0 aliphatic carbocycles. The number of hydrogen-bond acceptors (Lipinski definition) is 5. The fourth-order valence-electron chi connectivity index (χ4n) is 1.32. The monoisotopic (exact) mass is 243 g/mol. The minimum Gasteiger partial charge on any atom is -0.466 e. The number of urea groups is 1. The van der Waals surface area contributed by atoms with Crippen molar-refractivity contribution in [3.8, 4) is 0 Å². The maximum atomic E-state index is 11.3. The molecule has 1 aliphatic rings. The highest BCUT2D eigenvalue weighted by atomic mass is 16.5. The number of nitrogens with one attached hydrogen (secondary N) is 3. The second-order valence-corrected chi connectivity index (χ2v) is 3.75. The second kappa shape index (κ2) is 6.85. The van der Waals surface area contributed by atoms with E-state index in [2.05, 4.69) is 16.2 Å². The number of carbonyl (C=O) groups is 3. The van der Waals surface area contributed by atoms with E-state index in [-0.39, 0.29) is 18.8 Å². The van der Waals surface area contributed by atoms with Crippen LogP contribution in [0.5, 0.6) is 0 Å². The first kappa shape index (κ1) is 13.4. The summed E-state index contributed by atoms with van der Waals surface area (Å²) in [5, 5.41) is 2.10. The van der Waals surface area contributed by atoms with Gasteiger partial charge in [0.15, 0.2) is 0 Å². The molecule has 1 atom stereocenters. The number of unbranched alkanes of at least 4 members (excludes halogenated alkanes) is 1. The minimum atomic E-state index is -0.591. The highest BCUT2D eigenvalue weighted by Crippen LogP contribution is 2.02. The zero-order valence-corrected chi connectivity index (χ0v) is 9.75. The Bertz CT molecular complexity index is 306. The third-order valence-corrected chi connectivity index (χ3v) is 2.31. The largest absolute Gasteiger partial charge is 0.466 e. The van der Waals surface area contributed by atoms with Crippen molar-refractivity contribution in [2.45, 2.75) is 38.6 Å². The first-order chi connectivity index (χ1) is 8.13. The summed E-state index contributed by atoms with van der Waals surface area (Å²) in [6.45, 7) is 2.42. The van der Waals surface area contributed by atoms with Crippen molar-refractivity contribution < 1.29 is 19.1 Å². The van der Waals surface area contributed by atoms with Gasteiger partial charge in [-0.15, -0.1) is 0 Å². The van der Waals surface area contributed by atoms with E-state index in [0.717, 1.165) is 12.8 Å². The molecule has 3 amide bonds. The van der Waals surface area contributed by atoms with Crippen molar-refractivity contribution in [2.24, 2.45) is 0 Å². The van der Waals surface area contributed by atoms with E-state index in [1.54, 1.807) is 0 Å². The summed E-state index contributed by atoms with van der Waals surface area (Å²) >= 11 is 0. The van der Waals surface area contributed by atoms with Crippen LogP contribution in [0.4, 0.5) is 4.79 Å². The maximum absolute atomic E-state index is 11.3. The van der Waals surface area contributed by atoms with Gasteiger partial charge in [0, 0.05) is 6.42 Å². The van der Waals surface area contributed by atoms with E-state index in [0.29, 0.717) is 6.61 Å². The molecule has 0 bridgehead atoms. The van der Waals surface area contributed by atoms with Crippen LogP contribution < -0.4 is 16.2 Å². The lowest BCUT2D eigenvalue weighted by Gasteiger charge is -2.22. The van der Waals surface area contributed by atoms with Gasteiger partial charge in [-0.05, 0) is 12.8 Å². The molecule has 96 valence electrons. The van der Waals surface area contributed by atoms with Crippen molar-refractivity contribution >= 4 is 17.9 Å². The number of amides is 3. The Balaban J connectivity index is 2.19. The Morgan fingerprint density at radius 2 is 2.18 bits per heavy atom. The van der Waals surface area contributed by atoms with E-state index < -0.39 is 18.0 Å². The van der Waals surface area contributed by atoms with Gasteiger partial charge in [0.05, 0.1) is 6.61 Å². The second-order valence-electron chi connectivity index (χ2n) is 3.75. The Kier molecular flexibility index (Phi) is 5.41. The van der Waals surface area contributed by atoms with Crippen LogP contribution in [0.3, 0.4) is 0 Å². The van der Waals surface area contributed by atoms with Gasteiger partial charge in [0.25, 0.3) is 0 Å². The smallest absolute Gasteiger partial charge is 0.335 e. The van der Waals surface area contributed by atoms with Crippen molar-refractivity contribution in [3.05, 3.63) is 0 Å². The molecule has 7 nitrogen and oxygen atoms in total. The van der Waals surface area contributed by atoms with Gasteiger partial charge >= 0.3 is 12.0 Å². The quantitative estimate of drug-likeness (QED) is 0.444. The van der Waals surface area contributed by atoms with E-state index >= 15 is 0 Å². The number of esters is 1. The van der Waals surface area contributed by atoms with Gasteiger partial charge in [-0.2, -0.15) is 0 Å². The lowest BCUT2D eigenvalue weighted by atomic mass is 10.1. The third kappa shape index (κ3) is 4.81. The first-order valence-electron chi connectivity index (χ1n) is 5.65. The molecule has 7 heteroatoms. The number of hydrogen-bond donors (Lipinski definition) is 3. The van der Waals surface area contributed by atoms with Crippen LogP contribution >= 0.6 is 0 Å². The van der Waals surface area contributed by atoms with Gasteiger partial charge in [0.2, 0.25) is 5.91 Å². The first-order valence-corrected chi connectivity index (χ1v) is 5.65. The molecule has 1 heterocycles. The molecule has 0 saturated carbocycles. The molecule has 0 aromatic rings. The molecule has 1 unspecified atom stereocenters. The van der Waals surface area contributed by atoms with Crippen molar-refractivity contribution in [1.82, 2.24) is 16.2 Å². The number of rotatable bonds is 6. The fourth-order valence-corrected chi connectivity index (χ4v) is 1.32. The predicted octanol–water partition coefficient (Wildman–Crippen LogP) is -0.177. The Morgan fingerprint density at radius 3 is 2.82 bits per heavy atom. The summed E-state index contributed by atoms with van der Waals surface area (Å²) in [5.74, 6) is -0.764. The van der Waals surface area contributed by atoms with Crippen LogP contribution in [0.2, 0.25) is 0 Å². The average Bonchev–Trinajstić information content (AvgIpc) is 2.28. The SMILES string of the molecule is CCCCOC(=O)CCC1NNC(=O)NC1=O. The molecule has 0 spiro atoms. The molecule has 1 rings (SSSR count). The van der Waals surface area contributed by atoms with E-state index in [4.69, 9.17) is 4.74 Å². The predicted molar refractivity (Wildman–Crippen MR) is 58.7 cm³/mol. The molecular weight excluding hydrogens is 226 g/mol. The summed E-state index contributed by atoms with van der Waals surface area (Å²) in [4.78, 5) is 33.3. The standard InChI is InChI=1S/C10H17N3O4/c1-2-3-6-17-8(14)5-4-7-9(15)11-10(16)13-12-7/h7,12H,2-6H2,1H3,(H2,11,13,15,16). The van der Waals surface area contributed by atoms with Crippen molar-refractivity contribution in [1.29, 1.82) is 0 Å². The Morgan fingerprint density at radius 1 is 1.41 bits per heavy atom. The van der Waals surface area contributed by atoms with E-state index in [9.17, 15) is 14.4 Å². The zero-order chi connectivity index (χ0) is 12.7. The normalized spacial score (nSPS) is 19.5. The lowest BCUT2D eigenvalue weighted by Crippen LogP contribution is -2.62. The Hall–Kier alpha value is -1.63. The highest BCUT2D eigenvalue weighted by molar-refractivity contribution is 5.99. The van der Waals surface area contributed by atoms with Crippen LogP contribution in [0.1, 0.15) is 32.6 Å². The third-order valence-electron chi connectivity index (χ3n) is 2.31. The number of imide groups is 1. The number of ether oxygens (including phenoxy) is 1. The van der Waals surface area contributed by atoms with E-state index in [1.807, 2.05) is 6.92 Å². The summed E-state index contributed by atoms with van der Waals surface area (Å²) in [6.07, 6.45) is 2.23. The molecular formula is C10H17N3O4. The molecule has 1 fully saturated rings. The summed E-state index contributed by atoms with van der Waals surface area (Å²) in [6, 6.07) is -1.18. The molecule has 1 saturated heterocycles. The Labute approximate surface area is 99.2 Å². The van der Waals surface area contributed by atoms with Crippen LogP contribution in [-0.4, -0.2) is 30.6 Å². The van der Waals surface area contributed by atoms with Gasteiger partial charge in [-0.3, -0.25) is 20.3 Å². The molecule has 0 radical (unpaired) electrons. The lowest BCUT2D eigenvalue weighted by molar-refractivity contribution is -0.144. The van der Waals surface area contributed by atoms with Crippen LogP contribution in [0.15, 0.2) is 0 Å². The number of carbonyl (C=O) groups excluding carboxylic acids is 3. The maximum Gasteiger partial charge on any atom is 0.335 e. The zero-order valence-electron chi connectivity index (χ0n) is 9.75.